The lowest BCUT2D eigenvalue weighted by atomic mass is 9.71. The number of rotatable bonds is 4. The summed E-state index contributed by atoms with van der Waals surface area (Å²) in [4.78, 5) is 0. The van der Waals surface area contributed by atoms with Crippen molar-refractivity contribution in [2.45, 2.75) is 70.8 Å². The summed E-state index contributed by atoms with van der Waals surface area (Å²) in [6, 6.07) is 3.13. The molecule has 5 heteroatoms. The summed E-state index contributed by atoms with van der Waals surface area (Å²) in [6.45, 7) is 3.82. The molecule has 0 bridgehead atoms. The second kappa shape index (κ2) is 7.87. The van der Waals surface area contributed by atoms with Gasteiger partial charge in [-0.25, -0.2) is 17.6 Å². The van der Waals surface area contributed by atoms with Crippen LogP contribution in [0.2, 0.25) is 0 Å². The van der Waals surface area contributed by atoms with E-state index in [1.165, 1.54) is 6.92 Å². The van der Waals surface area contributed by atoms with Crippen molar-refractivity contribution in [3.63, 3.8) is 0 Å². The molecule has 1 aliphatic heterocycles. The van der Waals surface area contributed by atoms with Crippen molar-refractivity contribution in [1.82, 2.24) is 0 Å². The fourth-order valence-corrected chi connectivity index (χ4v) is 4.65. The van der Waals surface area contributed by atoms with Gasteiger partial charge in [0.1, 0.15) is 0 Å². The van der Waals surface area contributed by atoms with Gasteiger partial charge in [-0.15, -0.1) is 0 Å². The highest BCUT2D eigenvalue weighted by atomic mass is 19.3. The minimum absolute atomic E-state index is 0.0429. The zero-order chi connectivity index (χ0) is 18.9. The second-order valence-electron chi connectivity index (χ2n) is 8.05. The lowest BCUT2D eigenvalue weighted by molar-refractivity contribution is -0.126. The van der Waals surface area contributed by atoms with Crippen LogP contribution >= 0.6 is 0 Å². The van der Waals surface area contributed by atoms with E-state index in [0.29, 0.717) is 25.9 Å². The number of ether oxygens (including phenoxy) is 1. The van der Waals surface area contributed by atoms with E-state index in [0.717, 1.165) is 19.3 Å². The summed E-state index contributed by atoms with van der Waals surface area (Å²) < 4.78 is 62.6. The lowest BCUT2D eigenvalue weighted by Crippen LogP contribution is -2.40. The van der Waals surface area contributed by atoms with Crippen LogP contribution in [0, 0.1) is 36.3 Å². The van der Waals surface area contributed by atoms with Crippen LogP contribution in [0.3, 0.4) is 0 Å². The maximum Gasteiger partial charge on any atom is 0.251 e. The van der Waals surface area contributed by atoms with E-state index in [9.17, 15) is 17.6 Å². The van der Waals surface area contributed by atoms with Crippen LogP contribution in [0.5, 0.6) is 0 Å². The standard InChI is InChI=1S/C21H28F4O/c1-3-4-16-8-6-14(11-21(16,24)25)15-7-10-18(26-12-15)17-9-5-13(2)19(22)20(17)23/h5,9,14-16,18H,3-4,6-8,10-12H2,1-2H3. The Morgan fingerprint density at radius 2 is 1.77 bits per heavy atom. The van der Waals surface area contributed by atoms with Crippen LogP contribution in [-0.4, -0.2) is 12.5 Å². The maximum absolute atomic E-state index is 14.4. The predicted octanol–water partition coefficient (Wildman–Crippen LogP) is 6.59. The molecule has 4 atom stereocenters. The average molecular weight is 372 g/mol. The van der Waals surface area contributed by atoms with Crippen LogP contribution < -0.4 is 0 Å². The molecule has 146 valence electrons. The number of hydrogen-bond acceptors (Lipinski definition) is 1. The molecule has 0 amide bonds. The van der Waals surface area contributed by atoms with Crippen molar-refractivity contribution < 1.29 is 22.3 Å². The smallest absolute Gasteiger partial charge is 0.251 e. The zero-order valence-electron chi connectivity index (χ0n) is 15.5. The van der Waals surface area contributed by atoms with Crippen LogP contribution in [0.15, 0.2) is 12.1 Å². The Morgan fingerprint density at radius 3 is 2.38 bits per heavy atom. The third-order valence-electron chi connectivity index (χ3n) is 6.28. The summed E-state index contributed by atoms with van der Waals surface area (Å²) in [7, 11) is 0. The van der Waals surface area contributed by atoms with Gasteiger partial charge in [-0.1, -0.05) is 25.5 Å². The normalized spacial score (nSPS) is 31.8. The van der Waals surface area contributed by atoms with Gasteiger partial charge in [0.2, 0.25) is 0 Å². The van der Waals surface area contributed by atoms with Gasteiger partial charge in [0.25, 0.3) is 5.92 Å². The zero-order valence-corrected chi connectivity index (χ0v) is 15.5. The van der Waals surface area contributed by atoms with Gasteiger partial charge in [-0.05, 0) is 56.4 Å². The Hall–Kier alpha value is -1.10. The molecule has 1 heterocycles. The molecule has 0 N–H and O–H groups in total. The van der Waals surface area contributed by atoms with Crippen LogP contribution in [0.25, 0.3) is 0 Å². The van der Waals surface area contributed by atoms with E-state index in [1.54, 1.807) is 12.1 Å². The van der Waals surface area contributed by atoms with Gasteiger partial charge in [0, 0.05) is 17.9 Å². The van der Waals surface area contributed by atoms with E-state index in [1.807, 2.05) is 6.92 Å². The topological polar surface area (TPSA) is 9.23 Å². The highest BCUT2D eigenvalue weighted by Crippen LogP contribution is 2.48. The van der Waals surface area contributed by atoms with E-state index < -0.39 is 29.6 Å². The maximum atomic E-state index is 14.4. The molecule has 26 heavy (non-hydrogen) atoms. The Kier molecular flexibility index (Phi) is 5.95. The molecule has 0 radical (unpaired) electrons. The predicted molar refractivity (Wildman–Crippen MR) is 93.2 cm³/mol. The third kappa shape index (κ3) is 3.92. The second-order valence-corrected chi connectivity index (χ2v) is 8.05. The number of hydrogen-bond donors (Lipinski definition) is 0. The van der Waals surface area contributed by atoms with Crippen molar-refractivity contribution in [1.29, 1.82) is 0 Å². The molecule has 1 aromatic carbocycles. The highest BCUT2D eigenvalue weighted by molar-refractivity contribution is 5.27. The Labute approximate surface area is 153 Å². The van der Waals surface area contributed by atoms with Gasteiger partial charge in [0.15, 0.2) is 11.6 Å². The van der Waals surface area contributed by atoms with E-state index in [4.69, 9.17) is 4.74 Å². The molecule has 1 nitrogen and oxygen atoms in total. The fraction of sp³-hybridized carbons (Fsp3) is 0.714. The summed E-state index contributed by atoms with van der Waals surface area (Å²) >= 11 is 0. The molecule has 1 saturated carbocycles. The Morgan fingerprint density at radius 1 is 1.04 bits per heavy atom. The lowest BCUT2D eigenvalue weighted by Gasteiger charge is -2.41. The molecule has 4 unspecified atom stereocenters. The fourth-order valence-electron chi connectivity index (χ4n) is 4.65. The van der Waals surface area contributed by atoms with E-state index in [2.05, 4.69) is 0 Å². The molecule has 1 aliphatic carbocycles. The van der Waals surface area contributed by atoms with Crippen molar-refractivity contribution in [3.8, 4) is 0 Å². The molecule has 2 aliphatic rings. The monoisotopic (exact) mass is 372 g/mol. The third-order valence-corrected chi connectivity index (χ3v) is 6.28. The molecule has 1 aromatic rings. The van der Waals surface area contributed by atoms with Crippen molar-refractivity contribution >= 4 is 0 Å². The van der Waals surface area contributed by atoms with Crippen LogP contribution in [0.1, 0.15) is 69.1 Å². The first-order chi connectivity index (χ1) is 12.3. The van der Waals surface area contributed by atoms with E-state index in [-0.39, 0.29) is 29.4 Å². The molecule has 2 fully saturated rings. The largest absolute Gasteiger partial charge is 0.373 e. The molecule has 1 saturated heterocycles. The van der Waals surface area contributed by atoms with Gasteiger partial charge in [-0.3, -0.25) is 0 Å². The Bertz CT molecular complexity index is 623. The first-order valence-electron chi connectivity index (χ1n) is 9.77. The Balaban J connectivity index is 1.60. The quantitative estimate of drug-likeness (QED) is 0.542. The van der Waals surface area contributed by atoms with Crippen LogP contribution in [-0.2, 0) is 4.74 Å². The highest BCUT2D eigenvalue weighted by Gasteiger charge is 2.46. The first-order valence-corrected chi connectivity index (χ1v) is 9.77. The number of benzene rings is 1. The van der Waals surface area contributed by atoms with Crippen molar-refractivity contribution in [3.05, 3.63) is 34.9 Å². The minimum atomic E-state index is -2.60. The number of halogens is 4. The average Bonchev–Trinajstić information content (AvgIpc) is 2.62. The number of aryl methyl sites for hydroxylation is 1. The summed E-state index contributed by atoms with van der Waals surface area (Å²) in [6.07, 6.45) is 3.47. The number of alkyl halides is 2. The molecule has 3 rings (SSSR count). The molecule has 0 aromatic heterocycles. The van der Waals surface area contributed by atoms with E-state index >= 15 is 0 Å². The summed E-state index contributed by atoms with van der Waals surface area (Å²) in [5, 5.41) is 0. The minimum Gasteiger partial charge on any atom is -0.373 e. The molecular weight excluding hydrogens is 344 g/mol. The summed E-state index contributed by atoms with van der Waals surface area (Å²) in [5.41, 5.74) is 0.509. The van der Waals surface area contributed by atoms with Crippen LogP contribution in [0.4, 0.5) is 17.6 Å². The molecular formula is C21H28F4O. The van der Waals surface area contributed by atoms with Gasteiger partial charge in [0.05, 0.1) is 12.7 Å². The van der Waals surface area contributed by atoms with Gasteiger partial charge >= 0.3 is 0 Å². The van der Waals surface area contributed by atoms with Gasteiger partial charge in [-0.2, -0.15) is 0 Å². The summed E-state index contributed by atoms with van der Waals surface area (Å²) in [5.74, 6) is -4.73. The van der Waals surface area contributed by atoms with Gasteiger partial charge < -0.3 is 4.74 Å². The molecule has 0 spiro atoms. The van der Waals surface area contributed by atoms with Crippen molar-refractivity contribution in [2.75, 3.05) is 6.61 Å². The van der Waals surface area contributed by atoms with Crippen molar-refractivity contribution in [2.24, 2.45) is 17.8 Å². The first kappa shape index (κ1) is 19.7. The SMILES string of the molecule is CCCC1CCC(C2CCC(c3ccc(C)c(F)c3F)OC2)CC1(F)F.